The van der Waals surface area contributed by atoms with Gasteiger partial charge in [0.15, 0.2) is 15.1 Å². The molecule has 4 aromatic heterocycles. The van der Waals surface area contributed by atoms with E-state index in [0.29, 0.717) is 16.0 Å². The van der Waals surface area contributed by atoms with Crippen LogP contribution in [0.5, 0.6) is 0 Å². The first-order valence-electron chi connectivity index (χ1n) is 9.54. The molecule has 0 amide bonds. The third-order valence-electron chi connectivity index (χ3n) is 5.60. The number of piperidine rings is 1. The van der Waals surface area contributed by atoms with E-state index in [1.807, 2.05) is 10.6 Å². The SMILES string of the molecule is CCN1CCCC(n2cc(S(=O)(=O)c3c(Cl)nc4sccn34)c3cccnc32)C1. The van der Waals surface area contributed by atoms with Crippen molar-refractivity contribution in [2.75, 3.05) is 19.6 Å². The zero-order valence-electron chi connectivity index (χ0n) is 15.8. The minimum Gasteiger partial charge on any atom is -0.327 e. The molecule has 1 saturated heterocycles. The highest BCUT2D eigenvalue weighted by Crippen LogP contribution is 2.36. The van der Waals surface area contributed by atoms with Crippen LogP contribution < -0.4 is 0 Å². The number of pyridine rings is 1. The summed E-state index contributed by atoms with van der Waals surface area (Å²) in [7, 11) is -3.89. The van der Waals surface area contributed by atoms with Crippen molar-refractivity contribution in [3.05, 3.63) is 41.3 Å². The molecule has 0 aromatic carbocycles. The van der Waals surface area contributed by atoms with E-state index in [2.05, 4.69) is 21.8 Å². The molecule has 4 aromatic rings. The first kappa shape index (κ1) is 19.0. The summed E-state index contributed by atoms with van der Waals surface area (Å²) in [5.41, 5.74) is 0.691. The molecule has 0 radical (unpaired) electrons. The molecule has 0 saturated carbocycles. The number of sulfone groups is 1. The fourth-order valence-corrected chi connectivity index (χ4v) is 7.05. The summed E-state index contributed by atoms with van der Waals surface area (Å²) in [4.78, 5) is 11.9. The second-order valence-corrected chi connectivity index (χ2v) is 10.3. The monoisotopic (exact) mass is 449 g/mol. The van der Waals surface area contributed by atoms with Crippen molar-refractivity contribution < 1.29 is 8.42 Å². The van der Waals surface area contributed by atoms with Gasteiger partial charge in [-0.1, -0.05) is 18.5 Å². The largest absolute Gasteiger partial charge is 0.327 e. The molecule has 1 aliphatic heterocycles. The Bertz CT molecular complexity index is 1310. The first-order chi connectivity index (χ1) is 14.0. The lowest BCUT2D eigenvalue weighted by Gasteiger charge is -2.32. The second kappa shape index (κ2) is 7.09. The highest BCUT2D eigenvalue weighted by molar-refractivity contribution is 7.91. The molecule has 1 unspecified atom stereocenters. The average Bonchev–Trinajstić information content (AvgIpc) is 3.40. The molecule has 5 heterocycles. The van der Waals surface area contributed by atoms with E-state index in [4.69, 9.17) is 11.6 Å². The van der Waals surface area contributed by atoms with E-state index in [0.717, 1.165) is 32.5 Å². The number of rotatable bonds is 4. The molecule has 0 bridgehead atoms. The van der Waals surface area contributed by atoms with Crippen LogP contribution in [0.25, 0.3) is 16.0 Å². The smallest absolute Gasteiger partial charge is 0.227 e. The van der Waals surface area contributed by atoms with Crippen LogP contribution in [-0.2, 0) is 9.84 Å². The summed E-state index contributed by atoms with van der Waals surface area (Å²) < 4.78 is 30.9. The Morgan fingerprint density at radius 3 is 3.07 bits per heavy atom. The lowest BCUT2D eigenvalue weighted by Crippen LogP contribution is -2.36. The van der Waals surface area contributed by atoms with E-state index in [1.165, 1.54) is 11.3 Å². The summed E-state index contributed by atoms with van der Waals surface area (Å²) >= 11 is 7.60. The van der Waals surface area contributed by atoms with Crippen molar-refractivity contribution in [2.45, 2.75) is 35.7 Å². The summed E-state index contributed by atoms with van der Waals surface area (Å²) in [6, 6.07) is 3.77. The van der Waals surface area contributed by atoms with Crippen molar-refractivity contribution in [3.8, 4) is 0 Å². The Labute approximate surface area is 177 Å². The van der Waals surface area contributed by atoms with Gasteiger partial charge in [0, 0.05) is 41.9 Å². The fourth-order valence-electron chi connectivity index (χ4n) is 4.17. The van der Waals surface area contributed by atoms with E-state index in [1.54, 1.807) is 34.4 Å². The summed E-state index contributed by atoms with van der Waals surface area (Å²) in [5.74, 6) is 0. The van der Waals surface area contributed by atoms with Gasteiger partial charge in [0.2, 0.25) is 9.84 Å². The van der Waals surface area contributed by atoms with Crippen molar-refractivity contribution in [1.29, 1.82) is 0 Å². The number of imidazole rings is 1. The number of thiazole rings is 1. The maximum absolute atomic E-state index is 13.7. The van der Waals surface area contributed by atoms with Crippen LogP contribution >= 0.6 is 22.9 Å². The number of hydrogen-bond donors (Lipinski definition) is 0. The molecular weight excluding hydrogens is 430 g/mol. The van der Waals surface area contributed by atoms with Crippen LogP contribution in [0.15, 0.2) is 46.0 Å². The Morgan fingerprint density at radius 2 is 2.24 bits per heavy atom. The highest BCUT2D eigenvalue weighted by atomic mass is 35.5. The van der Waals surface area contributed by atoms with Crippen molar-refractivity contribution >= 4 is 48.8 Å². The molecule has 0 aliphatic carbocycles. The molecule has 152 valence electrons. The minimum absolute atomic E-state index is 0.00327. The summed E-state index contributed by atoms with van der Waals surface area (Å²) in [5, 5.41) is 2.42. The van der Waals surface area contributed by atoms with E-state index in [-0.39, 0.29) is 21.1 Å². The van der Waals surface area contributed by atoms with Crippen molar-refractivity contribution in [2.24, 2.45) is 0 Å². The first-order valence-corrected chi connectivity index (χ1v) is 12.3. The summed E-state index contributed by atoms with van der Waals surface area (Å²) in [6.07, 6.45) is 7.20. The number of halogens is 1. The van der Waals surface area contributed by atoms with Gasteiger partial charge in [0.05, 0.1) is 0 Å². The van der Waals surface area contributed by atoms with E-state index >= 15 is 0 Å². The van der Waals surface area contributed by atoms with Gasteiger partial charge in [-0.15, -0.1) is 11.3 Å². The maximum atomic E-state index is 13.7. The van der Waals surface area contributed by atoms with Crippen LogP contribution in [0.1, 0.15) is 25.8 Å². The van der Waals surface area contributed by atoms with Gasteiger partial charge in [-0.05, 0) is 38.1 Å². The molecule has 7 nitrogen and oxygen atoms in total. The van der Waals surface area contributed by atoms with Crippen LogP contribution in [0, 0.1) is 0 Å². The number of nitrogens with zero attached hydrogens (tertiary/aromatic N) is 5. The normalized spacial score (nSPS) is 18.8. The molecule has 0 spiro atoms. The zero-order chi connectivity index (χ0) is 20.2. The van der Waals surface area contributed by atoms with Gasteiger partial charge in [-0.3, -0.25) is 4.40 Å². The van der Waals surface area contributed by atoms with Gasteiger partial charge in [-0.25, -0.2) is 18.4 Å². The number of aromatic nitrogens is 4. The van der Waals surface area contributed by atoms with Crippen LogP contribution in [0.4, 0.5) is 0 Å². The Kier molecular flexibility index (Phi) is 4.65. The fraction of sp³-hybridized carbons (Fsp3) is 0.368. The summed E-state index contributed by atoms with van der Waals surface area (Å²) in [6.45, 7) is 5.10. The van der Waals surface area contributed by atoms with Crippen LogP contribution in [0.3, 0.4) is 0 Å². The predicted molar refractivity (Wildman–Crippen MR) is 114 cm³/mol. The molecule has 29 heavy (non-hydrogen) atoms. The average molecular weight is 450 g/mol. The second-order valence-electron chi connectivity index (χ2n) is 7.23. The number of likely N-dealkylation sites (N-methyl/N-ethyl adjacent to an activating group) is 1. The number of hydrogen-bond acceptors (Lipinski definition) is 6. The highest BCUT2D eigenvalue weighted by Gasteiger charge is 2.32. The molecule has 0 N–H and O–H groups in total. The zero-order valence-corrected chi connectivity index (χ0v) is 18.2. The van der Waals surface area contributed by atoms with Gasteiger partial charge < -0.3 is 9.47 Å². The maximum Gasteiger partial charge on any atom is 0.227 e. The van der Waals surface area contributed by atoms with Gasteiger partial charge >= 0.3 is 0 Å². The molecule has 1 atom stereocenters. The lowest BCUT2D eigenvalue weighted by molar-refractivity contribution is 0.187. The topological polar surface area (TPSA) is 72.5 Å². The standard InChI is InChI=1S/C19H20ClN5O2S2/c1-2-23-8-4-5-13(11-23)25-12-15(14-6-3-7-21-17(14)25)29(26,27)18-16(20)22-19-24(18)9-10-28-19/h3,6-7,9-10,12-13H,2,4-5,8,11H2,1H3. The molecular formula is C19H20ClN5O2S2. The van der Waals surface area contributed by atoms with Gasteiger partial charge in [0.1, 0.15) is 10.5 Å². The predicted octanol–water partition coefficient (Wildman–Crippen LogP) is 3.89. The molecule has 1 aliphatic rings. The van der Waals surface area contributed by atoms with Crippen LogP contribution in [0.2, 0.25) is 5.15 Å². The Hall–Kier alpha value is -1.94. The van der Waals surface area contributed by atoms with Crippen LogP contribution in [-0.4, -0.2) is 51.9 Å². The quantitative estimate of drug-likeness (QED) is 0.472. The minimum atomic E-state index is -3.89. The lowest BCUT2D eigenvalue weighted by atomic mass is 10.1. The third kappa shape index (κ3) is 2.99. The third-order valence-corrected chi connectivity index (χ3v) is 8.53. The van der Waals surface area contributed by atoms with Gasteiger partial charge in [0.25, 0.3) is 0 Å². The molecule has 1 fully saturated rings. The number of likely N-dealkylation sites (tertiary alicyclic amines) is 1. The van der Waals surface area contributed by atoms with Crippen molar-refractivity contribution in [3.63, 3.8) is 0 Å². The molecule has 5 rings (SSSR count). The van der Waals surface area contributed by atoms with E-state index < -0.39 is 9.84 Å². The Balaban J connectivity index is 1.70. The van der Waals surface area contributed by atoms with Crippen molar-refractivity contribution in [1.82, 2.24) is 23.8 Å². The van der Waals surface area contributed by atoms with Gasteiger partial charge in [-0.2, -0.15) is 0 Å². The van der Waals surface area contributed by atoms with E-state index in [9.17, 15) is 8.42 Å². The Morgan fingerprint density at radius 1 is 1.38 bits per heavy atom. The molecule has 10 heteroatoms. The number of fused-ring (bicyclic) bond motifs is 2.